The summed E-state index contributed by atoms with van der Waals surface area (Å²) in [6.07, 6.45) is 6.67. The fraction of sp³-hybridized carbons (Fsp3) is 0.875. The standard InChI is InChI=1S/C16H25F3/c1-2-3-12-4-6-13(7-5-12)14-8-10-15(11-9-14)16(17,18)19/h10,12-14H,2-9,11H2,1H3. The van der Waals surface area contributed by atoms with E-state index >= 15 is 0 Å². The van der Waals surface area contributed by atoms with Crippen LogP contribution in [0.4, 0.5) is 13.2 Å². The van der Waals surface area contributed by atoms with Crippen molar-refractivity contribution in [2.75, 3.05) is 0 Å². The molecule has 0 saturated heterocycles. The quantitative estimate of drug-likeness (QED) is 0.563. The molecule has 0 aromatic heterocycles. The summed E-state index contributed by atoms with van der Waals surface area (Å²) >= 11 is 0. The molecule has 3 heteroatoms. The Morgan fingerprint density at radius 2 is 1.74 bits per heavy atom. The smallest absolute Gasteiger partial charge is 0.166 e. The molecule has 1 atom stereocenters. The Bertz CT molecular complexity index is 308. The summed E-state index contributed by atoms with van der Waals surface area (Å²) in [6, 6.07) is 0. The summed E-state index contributed by atoms with van der Waals surface area (Å²) in [5.41, 5.74) is -0.289. The predicted octanol–water partition coefficient (Wildman–Crippen LogP) is 5.88. The van der Waals surface area contributed by atoms with Gasteiger partial charge < -0.3 is 0 Å². The lowest BCUT2D eigenvalue weighted by Crippen LogP contribution is -2.25. The minimum atomic E-state index is -4.09. The van der Waals surface area contributed by atoms with Crippen molar-refractivity contribution in [2.45, 2.75) is 70.9 Å². The Kier molecular flexibility index (Phi) is 4.97. The highest BCUT2D eigenvalue weighted by Crippen LogP contribution is 2.43. The lowest BCUT2D eigenvalue weighted by Gasteiger charge is -2.35. The minimum Gasteiger partial charge on any atom is -0.166 e. The second-order valence-corrected chi connectivity index (χ2v) is 6.33. The topological polar surface area (TPSA) is 0 Å². The van der Waals surface area contributed by atoms with Crippen LogP contribution in [0.2, 0.25) is 0 Å². The van der Waals surface area contributed by atoms with Crippen molar-refractivity contribution in [1.29, 1.82) is 0 Å². The molecule has 0 aromatic carbocycles. The second-order valence-electron chi connectivity index (χ2n) is 6.33. The molecular formula is C16H25F3. The maximum atomic E-state index is 12.6. The van der Waals surface area contributed by atoms with E-state index in [2.05, 4.69) is 6.92 Å². The van der Waals surface area contributed by atoms with Crippen LogP contribution in [-0.2, 0) is 0 Å². The molecule has 2 aliphatic carbocycles. The number of alkyl halides is 3. The zero-order valence-corrected chi connectivity index (χ0v) is 11.8. The summed E-state index contributed by atoms with van der Waals surface area (Å²) < 4.78 is 37.7. The first-order chi connectivity index (χ1) is 9.00. The summed E-state index contributed by atoms with van der Waals surface area (Å²) in [7, 11) is 0. The molecule has 0 aromatic rings. The third kappa shape index (κ3) is 4.00. The van der Waals surface area contributed by atoms with Gasteiger partial charge in [0.25, 0.3) is 0 Å². The summed E-state index contributed by atoms with van der Waals surface area (Å²) in [4.78, 5) is 0. The highest BCUT2D eigenvalue weighted by atomic mass is 19.4. The Morgan fingerprint density at radius 3 is 2.21 bits per heavy atom. The normalized spacial score (nSPS) is 33.1. The van der Waals surface area contributed by atoms with Crippen LogP contribution in [0.3, 0.4) is 0 Å². The molecule has 110 valence electrons. The van der Waals surface area contributed by atoms with E-state index in [1.807, 2.05) is 0 Å². The fourth-order valence-corrected chi connectivity index (χ4v) is 3.90. The van der Waals surface area contributed by atoms with Gasteiger partial charge in [-0.15, -0.1) is 0 Å². The van der Waals surface area contributed by atoms with Crippen LogP contribution in [0.5, 0.6) is 0 Å². The average Bonchev–Trinajstić information content (AvgIpc) is 2.39. The van der Waals surface area contributed by atoms with E-state index in [-0.39, 0.29) is 12.0 Å². The Morgan fingerprint density at radius 1 is 1.05 bits per heavy atom. The van der Waals surface area contributed by atoms with Gasteiger partial charge in [-0.1, -0.05) is 38.7 Å². The SMILES string of the molecule is CCCC1CCC(C2CC=C(C(F)(F)F)CC2)CC1. The molecule has 19 heavy (non-hydrogen) atoms. The Hall–Kier alpha value is -0.470. The van der Waals surface area contributed by atoms with Gasteiger partial charge in [0.15, 0.2) is 0 Å². The van der Waals surface area contributed by atoms with E-state index in [0.717, 1.165) is 12.3 Å². The first kappa shape index (κ1) is 14.9. The number of rotatable bonds is 3. The second kappa shape index (κ2) is 6.32. The molecule has 0 spiro atoms. The zero-order chi connectivity index (χ0) is 13.9. The average molecular weight is 274 g/mol. The third-order valence-corrected chi connectivity index (χ3v) is 5.07. The van der Waals surface area contributed by atoms with Crippen LogP contribution in [-0.4, -0.2) is 6.18 Å². The third-order valence-electron chi connectivity index (χ3n) is 5.07. The molecule has 2 aliphatic rings. The van der Waals surface area contributed by atoms with Crippen LogP contribution < -0.4 is 0 Å². The number of hydrogen-bond donors (Lipinski definition) is 0. The Labute approximate surface area is 114 Å². The molecule has 1 saturated carbocycles. The van der Waals surface area contributed by atoms with E-state index in [9.17, 15) is 13.2 Å². The molecule has 0 heterocycles. The molecule has 0 nitrogen and oxygen atoms in total. The first-order valence-corrected chi connectivity index (χ1v) is 7.77. The number of halogens is 3. The van der Waals surface area contributed by atoms with Gasteiger partial charge in [-0.05, 0) is 49.9 Å². The molecule has 1 unspecified atom stereocenters. The molecule has 0 radical (unpaired) electrons. The van der Waals surface area contributed by atoms with Crippen molar-refractivity contribution in [1.82, 2.24) is 0 Å². The van der Waals surface area contributed by atoms with Crippen LogP contribution in [0.15, 0.2) is 11.6 Å². The molecule has 2 rings (SSSR count). The lowest BCUT2D eigenvalue weighted by atomic mass is 9.71. The maximum absolute atomic E-state index is 12.6. The number of hydrogen-bond acceptors (Lipinski definition) is 0. The highest BCUT2D eigenvalue weighted by molar-refractivity contribution is 5.12. The number of allylic oxidation sites excluding steroid dienone is 2. The van der Waals surface area contributed by atoms with Gasteiger partial charge in [0.2, 0.25) is 0 Å². The van der Waals surface area contributed by atoms with E-state index in [1.54, 1.807) is 0 Å². The van der Waals surface area contributed by atoms with Crippen molar-refractivity contribution >= 4 is 0 Å². The minimum absolute atomic E-state index is 0.239. The van der Waals surface area contributed by atoms with E-state index in [4.69, 9.17) is 0 Å². The van der Waals surface area contributed by atoms with Crippen molar-refractivity contribution < 1.29 is 13.2 Å². The van der Waals surface area contributed by atoms with E-state index in [0.29, 0.717) is 18.3 Å². The maximum Gasteiger partial charge on any atom is 0.412 e. The van der Waals surface area contributed by atoms with Crippen LogP contribution >= 0.6 is 0 Å². The van der Waals surface area contributed by atoms with Gasteiger partial charge >= 0.3 is 6.18 Å². The first-order valence-electron chi connectivity index (χ1n) is 7.77. The fourth-order valence-electron chi connectivity index (χ4n) is 3.90. The summed E-state index contributed by atoms with van der Waals surface area (Å²) in [5.74, 6) is 2.07. The summed E-state index contributed by atoms with van der Waals surface area (Å²) in [5, 5.41) is 0. The van der Waals surface area contributed by atoms with Gasteiger partial charge in [-0.2, -0.15) is 13.2 Å². The molecule has 0 aliphatic heterocycles. The van der Waals surface area contributed by atoms with Crippen molar-refractivity contribution in [2.24, 2.45) is 17.8 Å². The van der Waals surface area contributed by atoms with Crippen LogP contribution in [0.1, 0.15) is 64.7 Å². The molecule has 0 N–H and O–H groups in total. The molecular weight excluding hydrogens is 249 g/mol. The van der Waals surface area contributed by atoms with E-state index < -0.39 is 6.18 Å². The molecule has 0 bridgehead atoms. The van der Waals surface area contributed by atoms with Gasteiger partial charge in [-0.3, -0.25) is 0 Å². The predicted molar refractivity (Wildman–Crippen MR) is 71.8 cm³/mol. The largest absolute Gasteiger partial charge is 0.412 e. The van der Waals surface area contributed by atoms with E-state index in [1.165, 1.54) is 44.6 Å². The highest BCUT2D eigenvalue weighted by Gasteiger charge is 2.37. The Balaban J connectivity index is 1.81. The lowest BCUT2D eigenvalue weighted by molar-refractivity contribution is -0.0960. The zero-order valence-electron chi connectivity index (χ0n) is 11.8. The van der Waals surface area contributed by atoms with Gasteiger partial charge in [0.1, 0.15) is 0 Å². The van der Waals surface area contributed by atoms with Crippen molar-refractivity contribution in [3.05, 3.63) is 11.6 Å². The van der Waals surface area contributed by atoms with Gasteiger partial charge in [0, 0.05) is 5.57 Å². The van der Waals surface area contributed by atoms with Gasteiger partial charge in [0.05, 0.1) is 0 Å². The van der Waals surface area contributed by atoms with Crippen LogP contribution in [0, 0.1) is 17.8 Å². The van der Waals surface area contributed by atoms with Crippen molar-refractivity contribution in [3.8, 4) is 0 Å². The molecule has 1 fully saturated rings. The molecule has 0 amide bonds. The van der Waals surface area contributed by atoms with Crippen molar-refractivity contribution in [3.63, 3.8) is 0 Å². The monoisotopic (exact) mass is 274 g/mol. The summed E-state index contributed by atoms with van der Waals surface area (Å²) in [6.45, 7) is 2.23. The van der Waals surface area contributed by atoms with Crippen LogP contribution in [0.25, 0.3) is 0 Å². The van der Waals surface area contributed by atoms with Gasteiger partial charge in [-0.25, -0.2) is 0 Å².